The number of nitrogens with one attached hydrogen (secondary N) is 2. The molecule has 54 heavy (non-hydrogen) atoms. The predicted octanol–water partition coefficient (Wildman–Crippen LogP) is 7.88. The molecule has 2 N–H and O–H groups in total. The van der Waals surface area contributed by atoms with Crippen LogP contribution in [0.2, 0.25) is 0 Å². The van der Waals surface area contributed by atoms with E-state index in [-0.39, 0.29) is 23.0 Å². The first-order valence-corrected chi connectivity index (χ1v) is 19.7. The highest BCUT2D eigenvalue weighted by Crippen LogP contribution is 2.38. The lowest BCUT2D eigenvalue weighted by molar-refractivity contribution is 0.00578. The molecule has 4 aromatic carbocycles. The van der Waals surface area contributed by atoms with E-state index in [0.717, 1.165) is 65.4 Å². The van der Waals surface area contributed by atoms with Gasteiger partial charge in [0.2, 0.25) is 0 Å². The van der Waals surface area contributed by atoms with Crippen molar-refractivity contribution in [2.24, 2.45) is 0 Å². The molecule has 0 bridgehead atoms. The van der Waals surface area contributed by atoms with Crippen LogP contribution in [0, 0.1) is 0 Å². The fourth-order valence-corrected chi connectivity index (χ4v) is 8.62. The number of nitrogens with zero attached hydrogens (tertiary/aromatic N) is 2. The third kappa shape index (κ3) is 6.80. The van der Waals surface area contributed by atoms with Crippen LogP contribution in [0.15, 0.2) is 102 Å². The van der Waals surface area contributed by atoms with Gasteiger partial charge in [-0.3, -0.25) is 9.59 Å². The van der Waals surface area contributed by atoms with Gasteiger partial charge >= 0.3 is 7.12 Å². The number of aromatic nitrogens is 2. The number of rotatable bonds is 3. The largest absolute Gasteiger partial charge is 0.495 e. The van der Waals surface area contributed by atoms with Crippen LogP contribution < -0.4 is 5.46 Å². The summed E-state index contributed by atoms with van der Waals surface area (Å²) < 4.78 is 13.9. The Morgan fingerprint density at radius 3 is 1.56 bits per heavy atom. The van der Waals surface area contributed by atoms with E-state index in [1.165, 1.54) is 38.8 Å². The monoisotopic (exact) mass is 784 g/mol. The molecular weight excluding hydrogens is 739 g/mol. The van der Waals surface area contributed by atoms with E-state index in [1.54, 1.807) is 0 Å². The smallest absolute Gasteiger partial charge is 0.399 e. The topological polar surface area (TPSA) is 90.7 Å². The second-order valence-electron chi connectivity index (χ2n) is 15.5. The number of aromatic amines is 2. The number of halogens is 1. The van der Waals surface area contributed by atoms with Crippen LogP contribution >= 0.6 is 15.9 Å². The first kappa shape index (κ1) is 36.3. The van der Waals surface area contributed by atoms with Gasteiger partial charge in [0.05, 0.1) is 11.2 Å². The second-order valence-corrected chi connectivity index (χ2v) is 16.4. The van der Waals surface area contributed by atoms with E-state index in [4.69, 9.17) is 9.31 Å². The molecule has 0 radical (unpaired) electrons. The zero-order valence-corrected chi connectivity index (χ0v) is 33.0. The fraction of sp³-hybridized carbons (Fsp3) is 0.318. The normalized spacial score (nSPS) is 17.7. The minimum Gasteiger partial charge on any atom is -0.399 e. The van der Waals surface area contributed by atoms with Crippen LogP contribution in [-0.2, 0) is 35.0 Å². The van der Waals surface area contributed by atoms with Gasteiger partial charge in [0.15, 0.2) is 0 Å². The number of fused-ring (bicyclic) bond motifs is 6. The number of carbonyl (C=O) groups is 2. The molecule has 6 aromatic rings. The predicted molar refractivity (Wildman–Crippen MR) is 220 cm³/mol. The summed E-state index contributed by atoms with van der Waals surface area (Å²) >= 11 is 3.66. The van der Waals surface area contributed by atoms with Gasteiger partial charge in [-0.2, -0.15) is 0 Å². The highest BCUT2D eigenvalue weighted by Gasteiger charge is 2.52. The van der Waals surface area contributed by atoms with Crippen molar-refractivity contribution in [2.75, 3.05) is 26.2 Å². The molecule has 8 nitrogen and oxygen atoms in total. The highest BCUT2D eigenvalue weighted by atomic mass is 79.9. The zero-order valence-electron chi connectivity index (χ0n) is 31.4. The number of carbonyl (C=O) groups excluding carboxylic acids is 2. The van der Waals surface area contributed by atoms with Crippen LogP contribution in [-0.4, -0.2) is 76.1 Å². The SMILES string of the molecule is CC1(C)OB(c2cccc3[nH]c4c(c23)CCN(C(=O)c2ccccc2)CC4)OC1(C)C.O=C(c1ccccc1)N1CCc2[nH]c3cccc(Br)c3c2CC1. The minimum atomic E-state index is -0.404. The molecule has 0 spiro atoms. The van der Waals surface area contributed by atoms with Crippen LogP contribution in [0.4, 0.5) is 0 Å². The van der Waals surface area contributed by atoms with E-state index in [2.05, 4.69) is 83.9 Å². The van der Waals surface area contributed by atoms with Gasteiger partial charge in [-0.15, -0.1) is 0 Å². The van der Waals surface area contributed by atoms with Gasteiger partial charge in [-0.05, 0) is 99.6 Å². The maximum Gasteiger partial charge on any atom is 0.495 e. The Bertz CT molecular complexity index is 2320. The third-order valence-corrected chi connectivity index (χ3v) is 12.3. The molecule has 3 aliphatic heterocycles. The molecule has 276 valence electrons. The van der Waals surface area contributed by atoms with Crippen LogP contribution in [0.25, 0.3) is 21.8 Å². The van der Waals surface area contributed by atoms with Crippen LogP contribution in [0.3, 0.4) is 0 Å². The average Bonchev–Trinajstić information content (AvgIpc) is 3.65. The molecule has 0 aliphatic carbocycles. The molecule has 5 heterocycles. The Morgan fingerprint density at radius 2 is 1.04 bits per heavy atom. The van der Waals surface area contributed by atoms with Crippen molar-refractivity contribution in [1.82, 2.24) is 19.8 Å². The van der Waals surface area contributed by atoms with Crippen molar-refractivity contribution < 1.29 is 18.9 Å². The summed E-state index contributed by atoms with van der Waals surface area (Å²) in [6.45, 7) is 11.2. The van der Waals surface area contributed by atoms with Crippen molar-refractivity contribution >= 4 is 62.1 Å². The van der Waals surface area contributed by atoms with Crippen molar-refractivity contribution in [3.8, 4) is 0 Å². The van der Waals surface area contributed by atoms with E-state index in [9.17, 15) is 9.59 Å². The summed E-state index contributed by atoms with van der Waals surface area (Å²) in [4.78, 5) is 36.7. The lowest BCUT2D eigenvalue weighted by Gasteiger charge is -2.32. The second kappa shape index (κ2) is 14.5. The minimum absolute atomic E-state index is 0.0984. The first-order chi connectivity index (χ1) is 26.0. The molecule has 0 unspecified atom stereocenters. The van der Waals surface area contributed by atoms with Crippen LogP contribution in [0.1, 0.15) is 70.9 Å². The quantitative estimate of drug-likeness (QED) is 0.179. The molecule has 3 aliphatic rings. The highest BCUT2D eigenvalue weighted by molar-refractivity contribution is 9.10. The Labute approximate surface area is 325 Å². The first-order valence-electron chi connectivity index (χ1n) is 19.0. The van der Waals surface area contributed by atoms with E-state index < -0.39 is 7.12 Å². The van der Waals surface area contributed by atoms with Gasteiger partial charge in [-0.1, -0.05) is 70.5 Å². The molecule has 2 aromatic heterocycles. The lowest BCUT2D eigenvalue weighted by Crippen LogP contribution is -2.41. The maximum atomic E-state index is 13.0. The summed E-state index contributed by atoms with van der Waals surface area (Å²) in [5.74, 6) is 0.223. The number of hydrogen-bond acceptors (Lipinski definition) is 4. The third-order valence-electron chi connectivity index (χ3n) is 11.7. The number of hydrogen-bond donors (Lipinski definition) is 2. The molecule has 1 fully saturated rings. The lowest BCUT2D eigenvalue weighted by atomic mass is 9.76. The summed E-state index contributed by atoms with van der Waals surface area (Å²) in [5.41, 5.74) is 9.19. The van der Waals surface area contributed by atoms with Crippen molar-refractivity contribution in [2.45, 2.75) is 64.6 Å². The summed E-state index contributed by atoms with van der Waals surface area (Å²) in [5, 5.41) is 2.45. The van der Waals surface area contributed by atoms with Gasteiger partial charge in [0, 0.05) is 87.8 Å². The Morgan fingerprint density at radius 1 is 0.593 bits per heavy atom. The maximum absolute atomic E-state index is 13.0. The molecular formula is C44H46BBrN4O4. The van der Waals surface area contributed by atoms with Gasteiger partial charge in [0.1, 0.15) is 0 Å². The van der Waals surface area contributed by atoms with Crippen molar-refractivity contribution in [3.05, 3.63) is 135 Å². The Kier molecular flexibility index (Phi) is 9.79. The van der Waals surface area contributed by atoms with Crippen LogP contribution in [0.5, 0.6) is 0 Å². The molecule has 9 rings (SSSR count). The summed E-state index contributed by atoms with van der Waals surface area (Å²) in [7, 11) is -0.404. The van der Waals surface area contributed by atoms with Gasteiger partial charge in [0.25, 0.3) is 11.8 Å². The summed E-state index contributed by atoms with van der Waals surface area (Å²) in [6, 6.07) is 31.6. The van der Waals surface area contributed by atoms with E-state index in [1.807, 2.05) is 76.5 Å². The molecule has 10 heteroatoms. The van der Waals surface area contributed by atoms with E-state index in [0.29, 0.717) is 13.1 Å². The summed E-state index contributed by atoms with van der Waals surface area (Å²) in [6.07, 6.45) is 3.38. The fourth-order valence-electron chi connectivity index (χ4n) is 8.01. The van der Waals surface area contributed by atoms with Crippen molar-refractivity contribution in [3.63, 3.8) is 0 Å². The molecule has 0 atom stereocenters. The zero-order chi connectivity index (χ0) is 37.6. The average molecular weight is 786 g/mol. The number of amides is 2. The standard InChI is InChI=1S/C25H29BN2O3.C19H17BrN2O/c1-24(2)25(3,4)31-26(30-24)19-11-8-12-21-22(19)18-13-15-28(16-14-20(18)27-21)23(29)17-9-6-5-7-10-17;20-15-7-4-8-17-18(15)14-9-11-22(12-10-16(14)21-17)19(23)13-5-2-1-3-6-13/h5-12,27H,13-16H2,1-4H3;1-8,21H,9-12H2. The number of benzene rings is 4. The van der Waals surface area contributed by atoms with Crippen molar-refractivity contribution in [1.29, 1.82) is 0 Å². The van der Waals surface area contributed by atoms with Gasteiger partial charge < -0.3 is 29.1 Å². The Hall–Kier alpha value is -4.64. The van der Waals surface area contributed by atoms with Gasteiger partial charge in [-0.25, -0.2) is 0 Å². The number of H-pyrrole nitrogens is 2. The molecule has 0 saturated carbocycles. The molecule has 1 saturated heterocycles. The molecule has 2 amide bonds. The Balaban J connectivity index is 0.000000160. The van der Waals surface area contributed by atoms with E-state index >= 15 is 0 Å².